The number of imidazole rings is 1. The van der Waals surface area contributed by atoms with E-state index in [0.717, 1.165) is 15.8 Å². The van der Waals surface area contributed by atoms with Crippen LogP contribution in [0, 0.1) is 0 Å². The quantitative estimate of drug-likeness (QED) is 0.572. The topological polar surface area (TPSA) is 108 Å². The number of carbonyl (C=O) groups is 1. The van der Waals surface area contributed by atoms with Crippen molar-refractivity contribution in [3.8, 4) is 0 Å². The first-order valence-electron chi connectivity index (χ1n) is 8.13. The molecular formula is C16H17N7O3. The highest BCUT2D eigenvalue weighted by atomic mass is 16.2. The zero-order valence-corrected chi connectivity index (χ0v) is 14.4. The van der Waals surface area contributed by atoms with E-state index in [1.165, 1.54) is 28.8 Å². The van der Waals surface area contributed by atoms with Gasteiger partial charge >= 0.3 is 5.69 Å². The number of nitrogens with zero attached hydrogens (tertiary/aromatic N) is 7. The first-order chi connectivity index (χ1) is 12.5. The van der Waals surface area contributed by atoms with Gasteiger partial charge in [-0.3, -0.25) is 18.7 Å². The standard InChI is InChI=1S/C16H17N7O3/c1-20-14-13(15(25)21(2)16(20)26)23(9-19-14)7-12(24)22-4-3-11-10(6-22)5-17-8-18-11/h5,8-9H,3-4,6-7H2,1-2H3. The third-order valence-electron chi connectivity index (χ3n) is 4.74. The Bertz CT molecular complexity index is 1140. The van der Waals surface area contributed by atoms with Crippen molar-refractivity contribution in [3.63, 3.8) is 0 Å². The minimum Gasteiger partial charge on any atom is -0.336 e. The summed E-state index contributed by atoms with van der Waals surface area (Å²) in [6.45, 7) is 0.983. The fourth-order valence-corrected chi connectivity index (χ4v) is 3.24. The van der Waals surface area contributed by atoms with Crippen LogP contribution in [-0.2, 0) is 38.4 Å². The van der Waals surface area contributed by atoms with Crippen molar-refractivity contribution in [2.75, 3.05) is 6.54 Å². The minimum atomic E-state index is -0.467. The Hall–Kier alpha value is -3.30. The van der Waals surface area contributed by atoms with Crippen molar-refractivity contribution in [3.05, 3.63) is 50.9 Å². The zero-order chi connectivity index (χ0) is 18.4. The molecule has 0 fully saturated rings. The molecule has 4 rings (SSSR count). The normalized spacial score (nSPS) is 13.8. The van der Waals surface area contributed by atoms with E-state index < -0.39 is 11.2 Å². The lowest BCUT2D eigenvalue weighted by molar-refractivity contribution is -0.132. The van der Waals surface area contributed by atoms with Gasteiger partial charge in [-0.05, 0) is 0 Å². The molecule has 3 aromatic rings. The van der Waals surface area contributed by atoms with Gasteiger partial charge in [0.25, 0.3) is 5.56 Å². The molecule has 1 aliphatic heterocycles. The number of fused-ring (bicyclic) bond motifs is 2. The summed E-state index contributed by atoms with van der Waals surface area (Å²) >= 11 is 0. The second-order valence-electron chi connectivity index (χ2n) is 6.31. The molecule has 0 radical (unpaired) electrons. The largest absolute Gasteiger partial charge is 0.336 e. The molecule has 1 amide bonds. The van der Waals surface area contributed by atoms with Crippen LogP contribution >= 0.6 is 0 Å². The van der Waals surface area contributed by atoms with Crippen LogP contribution in [0.3, 0.4) is 0 Å². The number of hydrogen-bond donors (Lipinski definition) is 0. The van der Waals surface area contributed by atoms with Crippen LogP contribution in [0.2, 0.25) is 0 Å². The van der Waals surface area contributed by atoms with Crippen LogP contribution in [0.5, 0.6) is 0 Å². The molecule has 3 aromatic heterocycles. The second-order valence-corrected chi connectivity index (χ2v) is 6.31. The fourth-order valence-electron chi connectivity index (χ4n) is 3.24. The second kappa shape index (κ2) is 5.90. The Kier molecular flexibility index (Phi) is 3.67. The molecule has 26 heavy (non-hydrogen) atoms. The van der Waals surface area contributed by atoms with Crippen molar-refractivity contribution in [1.82, 2.24) is 33.6 Å². The molecule has 134 valence electrons. The molecule has 0 N–H and O–H groups in total. The van der Waals surface area contributed by atoms with E-state index in [9.17, 15) is 14.4 Å². The molecule has 0 aliphatic carbocycles. The predicted octanol–water partition coefficient (Wildman–Crippen LogP) is -1.19. The SMILES string of the molecule is Cn1c(=O)c2c(ncn2CC(=O)N2CCc3ncncc3C2)n(C)c1=O. The summed E-state index contributed by atoms with van der Waals surface area (Å²) in [5.74, 6) is -0.130. The molecule has 0 unspecified atom stereocenters. The van der Waals surface area contributed by atoms with Gasteiger partial charge < -0.3 is 9.47 Å². The van der Waals surface area contributed by atoms with Gasteiger partial charge in [0.2, 0.25) is 5.91 Å². The molecule has 0 atom stereocenters. The fraction of sp³-hybridized carbons (Fsp3) is 0.375. The highest BCUT2D eigenvalue weighted by Gasteiger charge is 2.23. The van der Waals surface area contributed by atoms with Gasteiger partial charge in [0.1, 0.15) is 12.9 Å². The Morgan fingerprint density at radius 3 is 2.81 bits per heavy atom. The Balaban J connectivity index is 1.65. The number of rotatable bonds is 2. The van der Waals surface area contributed by atoms with E-state index in [4.69, 9.17) is 0 Å². The maximum atomic E-state index is 12.7. The van der Waals surface area contributed by atoms with E-state index in [1.807, 2.05) is 0 Å². The van der Waals surface area contributed by atoms with Gasteiger partial charge in [-0.2, -0.15) is 0 Å². The van der Waals surface area contributed by atoms with E-state index in [2.05, 4.69) is 15.0 Å². The number of aryl methyl sites for hydroxylation is 1. The monoisotopic (exact) mass is 355 g/mol. The zero-order valence-electron chi connectivity index (χ0n) is 14.4. The minimum absolute atomic E-state index is 0.0209. The van der Waals surface area contributed by atoms with Crippen LogP contribution in [0.15, 0.2) is 28.4 Å². The Morgan fingerprint density at radius 2 is 2.00 bits per heavy atom. The third-order valence-corrected chi connectivity index (χ3v) is 4.74. The van der Waals surface area contributed by atoms with Crippen LogP contribution in [0.4, 0.5) is 0 Å². The maximum absolute atomic E-state index is 12.7. The van der Waals surface area contributed by atoms with Gasteiger partial charge in [-0.15, -0.1) is 0 Å². The summed E-state index contributed by atoms with van der Waals surface area (Å²) in [5.41, 5.74) is 1.48. The van der Waals surface area contributed by atoms with Gasteiger partial charge in [0, 0.05) is 45.4 Å². The lowest BCUT2D eigenvalue weighted by Crippen LogP contribution is -2.40. The van der Waals surface area contributed by atoms with Crippen molar-refractivity contribution in [2.45, 2.75) is 19.5 Å². The summed E-state index contributed by atoms with van der Waals surface area (Å²) in [7, 11) is 2.95. The Morgan fingerprint density at radius 1 is 1.19 bits per heavy atom. The highest BCUT2D eigenvalue weighted by molar-refractivity contribution is 5.79. The number of amides is 1. The Labute approximate surface area is 147 Å². The van der Waals surface area contributed by atoms with Crippen molar-refractivity contribution in [2.24, 2.45) is 14.1 Å². The lowest BCUT2D eigenvalue weighted by Gasteiger charge is -2.28. The molecule has 0 aromatic carbocycles. The summed E-state index contributed by atoms with van der Waals surface area (Å²) in [6.07, 6.45) is 5.32. The first kappa shape index (κ1) is 16.2. The average Bonchev–Trinajstić information content (AvgIpc) is 3.08. The van der Waals surface area contributed by atoms with E-state index in [0.29, 0.717) is 19.5 Å². The number of aromatic nitrogens is 6. The first-order valence-corrected chi connectivity index (χ1v) is 8.13. The van der Waals surface area contributed by atoms with Crippen LogP contribution < -0.4 is 11.2 Å². The highest BCUT2D eigenvalue weighted by Crippen LogP contribution is 2.16. The van der Waals surface area contributed by atoms with Crippen LogP contribution in [-0.4, -0.2) is 46.0 Å². The lowest BCUT2D eigenvalue weighted by atomic mass is 10.1. The smallest absolute Gasteiger partial charge is 0.332 e. The third kappa shape index (κ3) is 2.41. The average molecular weight is 355 g/mol. The molecule has 0 bridgehead atoms. The summed E-state index contributed by atoms with van der Waals surface area (Å²) < 4.78 is 3.81. The molecular weight excluding hydrogens is 338 g/mol. The van der Waals surface area contributed by atoms with Crippen molar-refractivity contribution in [1.29, 1.82) is 0 Å². The van der Waals surface area contributed by atoms with Crippen molar-refractivity contribution >= 4 is 17.1 Å². The molecule has 4 heterocycles. The maximum Gasteiger partial charge on any atom is 0.332 e. The van der Waals surface area contributed by atoms with Gasteiger partial charge in [0.15, 0.2) is 11.2 Å². The molecule has 0 saturated carbocycles. The summed E-state index contributed by atoms with van der Waals surface area (Å²) in [4.78, 5) is 51.3. The number of carbonyl (C=O) groups excluding carboxylic acids is 1. The summed E-state index contributed by atoms with van der Waals surface area (Å²) in [6, 6.07) is 0. The van der Waals surface area contributed by atoms with Gasteiger partial charge in [-0.1, -0.05) is 0 Å². The van der Waals surface area contributed by atoms with Gasteiger partial charge in [-0.25, -0.2) is 19.7 Å². The molecule has 0 spiro atoms. The summed E-state index contributed by atoms with van der Waals surface area (Å²) in [5, 5.41) is 0. The molecule has 10 heteroatoms. The van der Waals surface area contributed by atoms with Crippen molar-refractivity contribution < 1.29 is 4.79 Å². The van der Waals surface area contributed by atoms with Gasteiger partial charge in [0.05, 0.1) is 12.0 Å². The van der Waals surface area contributed by atoms with E-state index in [-0.39, 0.29) is 23.6 Å². The predicted molar refractivity (Wildman–Crippen MR) is 91.4 cm³/mol. The van der Waals surface area contributed by atoms with E-state index >= 15 is 0 Å². The number of hydrogen-bond acceptors (Lipinski definition) is 6. The molecule has 0 saturated heterocycles. The van der Waals surface area contributed by atoms with E-state index in [1.54, 1.807) is 18.1 Å². The van der Waals surface area contributed by atoms with Crippen LogP contribution in [0.1, 0.15) is 11.3 Å². The molecule has 1 aliphatic rings. The van der Waals surface area contributed by atoms with Crippen LogP contribution in [0.25, 0.3) is 11.2 Å². The molecule has 10 nitrogen and oxygen atoms in total.